The molecule has 0 heterocycles. The van der Waals surface area contributed by atoms with Gasteiger partial charge in [-0.1, -0.05) is 0 Å². The predicted molar refractivity (Wildman–Crippen MR) is 57.4 cm³/mol. The standard InChI is InChI=1S/C11H13F3N2O/c1-7(15)6-16-10(17)8-2-4-9(5-3-8)11(12,13)14/h2-5,7H,6,15H2,1H3,(H,16,17). The molecule has 0 saturated heterocycles. The van der Waals surface area contributed by atoms with E-state index in [1.54, 1.807) is 6.92 Å². The number of hydrogen-bond acceptors (Lipinski definition) is 2. The third-order valence-corrected chi connectivity index (χ3v) is 2.06. The predicted octanol–water partition coefficient (Wildman–Crippen LogP) is 1.78. The van der Waals surface area contributed by atoms with Crippen LogP contribution >= 0.6 is 0 Å². The molecule has 1 amide bonds. The zero-order valence-electron chi connectivity index (χ0n) is 9.21. The largest absolute Gasteiger partial charge is 0.416 e. The van der Waals surface area contributed by atoms with Crippen molar-refractivity contribution in [1.29, 1.82) is 0 Å². The minimum atomic E-state index is -4.39. The van der Waals surface area contributed by atoms with Crippen LogP contribution in [0.4, 0.5) is 13.2 Å². The Balaban J connectivity index is 2.71. The van der Waals surface area contributed by atoms with Crippen LogP contribution in [0.25, 0.3) is 0 Å². The highest BCUT2D eigenvalue weighted by Crippen LogP contribution is 2.28. The highest BCUT2D eigenvalue weighted by atomic mass is 19.4. The molecule has 0 radical (unpaired) electrons. The molecule has 0 spiro atoms. The fourth-order valence-corrected chi connectivity index (χ4v) is 1.17. The monoisotopic (exact) mass is 246 g/mol. The van der Waals surface area contributed by atoms with Crippen LogP contribution in [0, 0.1) is 0 Å². The number of benzene rings is 1. The lowest BCUT2D eigenvalue weighted by molar-refractivity contribution is -0.137. The van der Waals surface area contributed by atoms with Crippen LogP contribution in [-0.2, 0) is 6.18 Å². The van der Waals surface area contributed by atoms with Crippen LogP contribution < -0.4 is 11.1 Å². The molecule has 3 N–H and O–H groups in total. The number of rotatable bonds is 3. The van der Waals surface area contributed by atoms with Gasteiger partial charge >= 0.3 is 6.18 Å². The normalized spacial score (nSPS) is 13.2. The summed E-state index contributed by atoms with van der Waals surface area (Å²) in [5.74, 6) is -0.434. The van der Waals surface area contributed by atoms with E-state index >= 15 is 0 Å². The van der Waals surface area contributed by atoms with Crippen molar-refractivity contribution < 1.29 is 18.0 Å². The highest BCUT2D eigenvalue weighted by Gasteiger charge is 2.30. The van der Waals surface area contributed by atoms with Gasteiger partial charge in [0.25, 0.3) is 5.91 Å². The summed E-state index contributed by atoms with van der Waals surface area (Å²) >= 11 is 0. The van der Waals surface area contributed by atoms with Gasteiger partial charge in [0.15, 0.2) is 0 Å². The lowest BCUT2D eigenvalue weighted by atomic mass is 10.1. The van der Waals surface area contributed by atoms with Crippen LogP contribution in [0.1, 0.15) is 22.8 Å². The maximum Gasteiger partial charge on any atom is 0.416 e. The Morgan fingerprint density at radius 2 is 1.88 bits per heavy atom. The minimum Gasteiger partial charge on any atom is -0.350 e. The van der Waals surface area contributed by atoms with Crippen molar-refractivity contribution in [3.63, 3.8) is 0 Å². The molecule has 1 aromatic rings. The van der Waals surface area contributed by atoms with Crippen LogP contribution in [-0.4, -0.2) is 18.5 Å². The van der Waals surface area contributed by atoms with E-state index in [0.717, 1.165) is 24.3 Å². The first-order valence-electron chi connectivity index (χ1n) is 5.01. The number of amides is 1. The molecule has 0 fully saturated rings. The van der Waals surface area contributed by atoms with E-state index < -0.39 is 17.6 Å². The second-order valence-electron chi connectivity index (χ2n) is 3.76. The van der Waals surface area contributed by atoms with E-state index in [0.29, 0.717) is 0 Å². The Morgan fingerprint density at radius 1 is 1.35 bits per heavy atom. The van der Waals surface area contributed by atoms with E-state index in [4.69, 9.17) is 5.73 Å². The van der Waals surface area contributed by atoms with Crippen LogP contribution in [0.2, 0.25) is 0 Å². The summed E-state index contributed by atoms with van der Waals surface area (Å²) in [7, 11) is 0. The number of carbonyl (C=O) groups excluding carboxylic acids is 1. The first-order valence-corrected chi connectivity index (χ1v) is 5.01. The number of hydrogen-bond donors (Lipinski definition) is 2. The van der Waals surface area contributed by atoms with Gasteiger partial charge in [-0.05, 0) is 31.2 Å². The first-order chi connectivity index (χ1) is 7.80. The molecule has 0 aliphatic heterocycles. The summed E-state index contributed by atoms with van der Waals surface area (Å²) in [6.45, 7) is 1.99. The maximum absolute atomic E-state index is 12.3. The Bertz CT molecular complexity index is 385. The van der Waals surface area contributed by atoms with E-state index in [-0.39, 0.29) is 18.2 Å². The Hall–Kier alpha value is -1.56. The van der Waals surface area contributed by atoms with Gasteiger partial charge in [0.05, 0.1) is 5.56 Å². The maximum atomic E-state index is 12.3. The van der Waals surface area contributed by atoms with Gasteiger partial charge in [-0.25, -0.2) is 0 Å². The quantitative estimate of drug-likeness (QED) is 0.854. The van der Waals surface area contributed by atoms with Crippen molar-refractivity contribution in [2.45, 2.75) is 19.1 Å². The zero-order chi connectivity index (χ0) is 13.1. The SMILES string of the molecule is CC(N)CNC(=O)c1ccc(C(F)(F)F)cc1. The van der Waals surface area contributed by atoms with Gasteiger partial charge in [-0.2, -0.15) is 13.2 Å². The molecule has 3 nitrogen and oxygen atoms in total. The Morgan fingerprint density at radius 3 is 2.29 bits per heavy atom. The third-order valence-electron chi connectivity index (χ3n) is 2.06. The molecule has 1 atom stereocenters. The second kappa shape index (κ2) is 5.18. The van der Waals surface area contributed by atoms with E-state index in [1.165, 1.54) is 0 Å². The molecular formula is C11H13F3N2O. The van der Waals surface area contributed by atoms with Gasteiger partial charge in [0.2, 0.25) is 0 Å². The smallest absolute Gasteiger partial charge is 0.350 e. The summed E-state index contributed by atoms with van der Waals surface area (Å²) in [4.78, 5) is 11.5. The molecule has 1 unspecified atom stereocenters. The number of halogens is 3. The fraction of sp³-hybridized carbons (Fsp3) is 0.364. The summed E-state index contributed by atoms with van der Waals surface area (Å²) < 4.78 is 36.8. The molecule has 0 aliphatic rings. The summed E-state index contributed by atoms with van der Waals surface area (Å²) in [5.41, 5.74) is 4.84. The van der Waals surface area contributed by atoms with Crippen molar-refractivity contribution in [1.82, 2.24) is 5.32 Å². The number of alkyl halides is 3. The number of nitrogens with two attached hydrogens (primary N) is 1. The molecule has 0 aromatic heterocycles. The molecular weight excluding hydrogens is 233 g/mol. The fourth-order valence-electron chi connectivity index (χ4n) is 1.17. The van der Waals surface area contributed by atoms with Gasteiger partial charge in [0.1, 0.15) is 0 Å². The van der Waals surface area contributed by atoms with Crippen molar-refractivity contribution >= 4 is 5.91 Å². The van der Waals surface area contributed by atoms with Crippen molar-refractivity contribution in [2.75, 3.05) is 6.54 Å². The second-order valence-corrected chi connectivity index (χ2v) is 3.76. The summed E-state index contributed by atoms with van der Waals surface area (Å²) in [6, 6.07) is 3.83. The average molecular weight is 246 g/mol. The summed E-state index contributed by atoms with van der Waals surface area (Å²) in [6.07, 6.45) is -4.39. The van der Waals surface area contributed by atoms with Crippen molar-refractivity contribution in [3.05, 3.63) is 35.4 Å². The molecule has 17 heavy (non-hydrogen) atoms. The molecule has 1 aromatic carbocycles. The van der Waals surface area contributed by atoms with E-state index in [2.05, 4.69) is 5.32 Å². The van der Waals surface area contributed by atoms with Crippen molar-refractivity contribution in [3.8, 4) is 0 Å². The Labute approximate surface area is 96.8 Å². The van der Waals surface area contributed by atoms with Gasteiger partial charge in [-0.15, -0.1) is 0 Å². The number of nitrogens with one attached hydrogen (secondary N) is 1. The van der Waals surface area contributed by atoms with E-state index in [9.17, 15) is 18.0 Å². The van der Waals surface area contributed by atoms with Gasteiger partial charge in [-0.3, -0.25) is 4.79 Å². The third kappa shape index (κ3) is 4.07. The molecule has 94 valence electrons. The van der Waals surface area contributed by atoms with Crippen LogP contribution in [0.15, 0.2) is 24.3 Å². The molecule has 1 rings (SSSR count). The minimum absolute atomic E-state index is 0.179. The lowest BCUT2D eigenvalue weighted by Gasteiger charge is -2.09. The van der Waals surface area contributed by atoms with Crippen LogP contribution in [0.3, 0.4) is 0 Å². The number of carbonyl (C=O) groups is 1. The molecule has 0 saturated carbocycles. The van der Waals surface area contributed by atoms with Crippen molar-refractivity contribution in [2.24, 2.45) is 5.73 Å². The molecule has 0 aliphatic carbocycles. The van der Waals surface area contributed by atoms with Crippen LogP contribution in [0.5, 0.6) is 0 Å². The van der Waals surface area contributed by atoms with Gasteiger partial charge < -0.3 is 11.1 Å². The van der Waals surface area contributed by atoms with Gasteiger partial charge in [0, 0.05) is 18.2 Å². The van der Waals surface area contributed by atoms with E-state index in [1.807, 2.05) is 0 Å². The Kier molecular flexibility index (Phi) is 4.11. The first kappa shape index (κ1) is 13.5. The zero-order valence-corrected chi connectivity index (χ0v) is 9.21. The topological polar surface area (TPSA) is 55.1 Å². The average Bonchev–Trinajstić information content (AvgIpc) is 2.25. The lowest BCUT2D eigenvalue weighted by Crippen LogP contribution is -2.35. The molecule has 6 heteroatoms. The highest BCUT2D eigenvalue weighted by molar-refractivity contribution is 5.94. The summed E-state index contributed by atoms with van der Waals surface area (Å²) in [5, 5.41) is 2.51. The molecule has 0 bridgehead atoms.